The lowest BCUT2D eigenvalue weighted by molar-refractivity contribution is 0.0372. The molecule has 2 nitrogen and oxygen atoms in total. The highest BCUT2D eigenvalue weighted by Crippen LogP contribution is 2.41. The van der Waals surface area contributed by atoms with Gasteiger partial charge in [0.05, 0.1) is 20.8 Å². The molecule has 1 aromatic carbocycles. The van der Waals surface area contributed by atoms with Crippen molar-refractivity contribution in [1.29, 1.82) is 0 Å². The minimum atomic E-state index is -0.562. The highest BCUT2D eigenvalue weighted by molar-refractivity contribution is 7.18. The van der Waals surface area contributed by atoms with Gasteiger partial charge in [-0.2, -0.15) is 0 Å². The number of aromatic nitrogens is 1. The van der Waals surface area contributed by atoms with E-state index < -0.39 is 5.60 Å². The van der Waals surface area contributed by atoms with E-state index in [2.05, 4.69) is 11.1 Å². The van der Waals surface area contributed by atoms with Crippen LogP contribution in [0.1, 0.15) is 24.8 Å². The number of nitrogens with zero attached hydrogens (tertiary/aromatic N) is 1. The van der Waals surface area contributed by atoms with Crippen molar-refractivity contribution in [1.82, 2.24) is 4.98 Å². The van der Waals surface area contributed by atoms with Crippen molar-refractivity contribution in [3.63, 3.8) is 0 Å². The molecule has 0 saturated heterocycles. The van der Waals surface area contributed by atoms with Crippen molar-refractivity contribution < 1.29 is 5.11 Å². The van der Waals surface area contributed by atoms with Crippen LogP contribution in [0.25, 0.3) is 10.2 Å². The van der Waals surface area contributed by atoms with Gasteiger partial charge in [0.1, 0.15) is 0 Å². The number of thiazole rings is 1. The first-order valence-corrected chi connectivity index (χ1v) is 6.54. The van der Waals surface area contributed by atoms with Crippen molar-refractivity contribution in [2.45, 2.75) is 31.8 Å². The van der Waals surface area contributed by atoms with Crippen LogP contribution in [-0.2, 0) is 6.42 Å². The van der Waals surface area contributed by atoms with E-state index >= 15 is 0 Å². The Morgan fingerprint density at radius 1 is 1.44 bits per heavy atom. The van der Waals surface area contributed by atoms with E-state index in [-0.39, 0.29) is 0 Å². The summed E-state index contributed by atoms with van der Waals surface area (Å²) in [7, 11) is 0. The highest BCUT2D eigenvalue weighted by Gasteiger charge is 2.40. The minimum absolute atomic E-state index is 0.486. The third kappa shape index (κ3) is 1.85. The van der Waals surface area contributed by atoms with Gasteiger partial charge in [0.15, 0.2) is 0 Å². The monoisotopic (exact) mass is 233 g/mol. The average molecular weight is 233 g/mol. The molecule has 1 heterocycles. The first-order valence-electron chi connectivity index (χ1n) is 5.72. The van der Waals surface area contributed by atoms with Crippen LogP contribution in [0.2, 0.25) is 0 Å². The Labute approximate surface area is 99.0 Å². The number of benzene rings is 1. The minimum Gasteiger partial charge on any atom is -0.389 e. The first kappa shape index (κ1) is 10.2. The standard InChI is InChI=1S/C13H15NOS/c1-13(15,9-6-7-9)8-12-14-10-4-2-3-5-11(10)16-12/h2-5,9,15H,6-8H2,1H3. The van der Waals surface area contributed by atoms with Gasteiger partial charge in [-0.25, -0.2) is 4.98 Å². The fraction of sp³-hybridized carbons (Fsp3) is 0.462. The molecule has 0 radical (unpaired) electrons. The van der Waals surface area contributed by atoms with E-state index in [1.165, 1.54) is 4.70 Å². The van der Waals surface area contributed by atoms with Crippen molar-refractivity contribution in [3.8, 4) is 0 Å². The maximum atomic E-state index is 10.3. The van der Waals surface area contributed by atoms with Crippen LogP contribution in [0.15, 0.2) is 24.3 Å². The second-order valence-electron chi connectivity index (χ2n) is 4.88. The summed E-state index contributed by atoms with van der Waals surface area (Å²) < 4.78 is 1.21. The van der Waals surface area contributed by atoms with Gasteiger partial charge in [-0.15, -0.1) is 11.3 Å². The highest BCUT2D eigenvalue weighted by atomic mass is 32.1. The molecule has 1 aliphatic carbocycles. The van der Waals surface area contributed by atoms with Gasteiger partial charge < -0.3 is 5.11 Å². The molecule has 3 rings (SSSR count). The zero-order chi connectivity index (χ0) is 11.2. The molecule has 16 heavy (non-hydrogen) atoms. The topological polar surface area (TPSA) is 33.1 Å². The van der Waals surface area contributed by atoms with E-state index in [4.69, 9.17) is 0 Å². The summed E-state index contributed by atoms with van der Waals surface area (Å²) >= 11 is 1.70. The Bertz CT molecular complexity index is 480. The summed E-state index contributed by atoms with van der Waals surface area (Å²) in [6.07, 6.45) is 3.02. The number of hydrogen-bond acceptors (Lipinski definition) is 3. The third-order valence-corrected chi connectivity index (χ3v) is 4.34. The van der Waals surface area contributed by atoms with Gasteiger partial charge in [-0.1, -0.05) is 12.1 Å². The molecule has 1 saturated carbocycles. The van der Waals surface area contributed by atoms with E-state index in [1.807, 2.05) is 25.1 Å². The number of rotatable bonds is 3. The molecule has 1 aliphatic rings. The predicted molar refractivity (Wildman–Crippen MR) is 66.7 cm³/mol. The van der Waals surface area contributed by atoms with E-state index in [0.717, 1.165) is 23.4 Å². The van der Waals surface area contributed by atoms with Crippen molar-refractivity contribution >= 4 is 21.6 Å². The molecule has 84 valence electrons. The van der Waals surface area contributed by atoms with E-state index in [1.54, 1.807) is 11.3 Å². The summed E-state index contributed by atoms with van der Waals surface area (Å²) in [6.45, 7) is 1.94. The van der Waals surface area contributed by atoms with Gasteiger partial charge in [-0.3, -0.25) is 0 Å². The van der Waals surface area contributed by atoms with Crippen molar-refractivity contribution in [2.24, 2.45) is 5.92 Å². The summed E-state index contributed by atoms with van der Waals surface area (Å²) in [4.78, 5) is 4.57. The smallest absolute Gasteiger partial charge is 0.0967 e. The number of aliphatic hydroxyl groups is 1. The maximum absolute atomic E-state index is 10.3. The number of para-hydroxylation sites is 1. The fourth-order valence-electron chi connectivity index (χ4n) is 2.15. The lowest BCUT2D eigenvalue weighted by Crippen LogP contribution is -2.29. The molecule has 3 heteroatoms. The number of fused-ring (bicyclic) bond motifs is 1. The second kappa shape index (κ2) is 3.54. The van der Waals surface area contributed by atoms with Crippen LogP contribution < -0.4 is 0 Å². The van der Waals surface area contributed by atoms with Crippen LogP contribution in [-0.4, -0.2) is 15.7 Å². The molecule has 1 aromatic heterocycles. The molecule has 2 aromatic rings. The summed E-state index contributed by atoms with van der Waals surface area (Å²) in [6, 6.07) is 8.15. The molecule has 1 unspecified atom stereocenters. The van der Waals surface area contributed by atoms with Gasteiger partial charge in [0, 0.05) is 6.42 Å². The average Bonchev–Trinajstić information content (AvgIpc) is 3.00. The summed E-state index contributed by atoms with van der Waals surface area (Å²) in [5, 5.41) is 11.4. The van der Waals surface area contributed by atoms with Gasteiger partial charge in [0.25, 0.3) is 0 Å². The molecular formula is C13H15NOS. The fourth-order valence-corrected chi connectivity index (χ4v) is 3.28. The van der Waals surface area contributed by atoms with E-state index in [0.29, 0.717) is 12.3 Å². The Hall–Kier alpha value is -0.930. The van der Waals surface area contributed by atoms with Gasteiger partial charge in [0.2, 0.25) is 0 Å². The lowest BCUT2D eigenvalue weighted by atomic mass is 9.97. The Morgan fingerprint density at radius 3 is 2.88 bits per heavy atom. The molecule has 0 bridgehead atoms. The maximum Gasteiger partial charge on any atom is 0.0967 e. The van der Waals surface area contributed by atoms with Crippen LogP contribution in [0, 0.1) is 5.92 Å². The van der Waals surface area contributed by atoms with Gasteiger partial charge in [-0.05, 0) is 37.8 Å². The predicted octanol–water partition coefficient (Wildman–Crippen LogP) is 3.00. The molecule has 1 fully saturated rings. The zero-order valence-electron chi connectivity index (χ0n) is 9.31. The van der Waals surface area contributed by atoms with Crippen LogP contribution in [0.4, 0.5) is 0 Å². The molecule has 1 N–H and O–H groups in total. The Morgan fingerprint density at radius 2 is 2.19 bits per heavy atom. The quantitative estimate of drug-likeness (QED) is 0.884. The third-order valence-electron chi connectivity index (χ3n) is 3.30. The molecule has 0 aliphatic heterocycles. The Balaban J connectivity index is 1.88. The van der Waals surface area contributed by atoms with Crippen LogP contribution in [0.3, 0.4) is 0 Å². The summed E-state index contributed by atoms with van der Waals surface area (Å²) in [5.41, 5.74) is 0.488. The van der Waals surface area contributed by atoms with Crippen LogP contribution >= 0.6 is 11.3 Å². The largest absolute Gasteiger partial charge is 0.389 e. The Kier molecular flexibility index (Phi) is 2.26. The molecular weight excluding hydrogens is 218 g/mol. The van der Waals surface area contributed by atoms with E-state index in [9.17, 15) is 5.11 Å². The normalized spacial score (nSPS) is 19.9. The SMILES string of the molecule is CC(O)(Cc1nc2ccccc2s1)C1CC1. The van der Waals surface area contributed by atoms with Crippen LogP contribution in [0.5, 0.6) is 0 Å². The molecule has 0 spiro atoms. The lowest BCUT2D eigenvalue weighted by Gasteiger charge is -2.21. The van der Waals surface area contributed by atoms with Gasteiger partial charge >= 0.3 is 0 Å². The van der Waals surface area contributed by atoms with Crippen molar-refractivity contribution in [2.75, 3.05) is 0 Å². The number of hydrogen-bond donors (Lipinski definition) is 1. The zero-order valence-corrected chi connectivity index (χ0v) is 10.1. The first-order chi connectivity index (χ1) is 7.65. The second-order valence-corrected chi connectivity index (χ2v) is 6.00. The van der Waals surface area contributed by atoms with Crippen molar-refractivity contribution in [3.05, 3.63) is 29.3 Å². The molecule has 1 atom stereocenters. The summed E-state index contributed by atoms with van der Waals surface area (Å²) in [5.74, 6) is 0.486. The molecule has 0 amide bonds.